The smallest absolute Gasteiger partial charge is 0.223 e. The summed E-state index contributed by atoms with van der Waals surface area (Å²) in [5.74, 6) is 0.565. The maximum Gasteiger partial charge on any atom is 0.223 e. The van der Waals surface area contributed by atoms with Gasteiger partial charge in [-0.25, -0.2) is 0 Å². The third-order valence-corrected chi connectivity index (χ3v) is 5.65. The van der Waals surface area contributed by atoms with Crippen LogP contribution in [0.1, 0.15) is 54.7 Å². The van der Waals surface area contributed by atoms with Crippen LogP contribution in [0.3, 0.4) is 0 Å². The molecule has 0 saturated carbocycles. The van der Waals surface area contributed by atoms with Crippen LogP contribution >= 0.6 is 11.3 Å². The maximum atomic E-state index is 12.8. The molecule has 116 valence electrons. The minimum atomic E-state index is 0.269. The Morgan fingerprint density at radius 1 is 1.32 bits per heavy atom. The number of benzene rings is 1. The molecule has 0 aliphatic carbocycles. The molecule has 0 radical (unpaired) electrons. The SMILES string of the molecule is CCC1c2ccsc2CCN1C(=O)CC(C)c1ccccc1. The van der Waals surface area contributed by atoms with Crippen LogP contribution in [0.25, 0.3) is 0 Å². The van der Waals surface area contributed by atoms with Gasteiger partial charge in [0.25, 0.3) is 0 Å². The molecule has 0 saturated heterocycles. The molecule has 0 bridgehead atoms. The molecule has 0 fully saturated rings. The van der Waals surface area contributed by atoms with Gasteiger partial charge in [-0.1, -0.05) is 44.2 Å². The van der Waals surface area contributed by atoms with E-state index < -0.39 is 0 Å². The lowest BCUT2D eigenvalue weighted by Crippen LogP contribution is -2.39. The summed E-state index contributed by atoms with van der Waals surface area (Å²) in [7, 11) is 0. The Balaban J connectivity index is 1.72. The van der Waals surface area contributed by atoms with Crippen molar-refractivity contribution in [3.63, 3.8) is 0 Å². The molecular weight excluding hydrogens is 290 g/mol. The van der Waals surface area contributed by atoms with Crippen LogP contribution in [0.15, 0.2) is 41.8 Å². The van der Waals surface area contributed by atoms with Gasteiger partial charge in [-0.3, -0.25) is 4.79 Å². The van der Waals surface area contributed by atoms with Crippen LogP contribution < -0.4 is 0 Å². The minimum absolute atomic E-state index is 0.269. The maximum absolute atomic E-state index is 12.8. The van der Waals surface area contributed by atoms with Crippen LogP contribution in [0, 0.1) is 0 Å². The number of thiophene rings is 1. The van der Waals surface area contributed by atoms with Crippen molar-refractivity contribution in [1.82, 2.24) is 4.90 Å². The van der Waals surface area contributed by atoms with Crippen molar-refractivity contribution in [3.05, 3.63) is 57.8 Å². The Morgan fingerprint density at radius 2 is 2.09 bits per heavy atom. The van der Waals surface area contributed by atoms with E-state index in [2.05, 4.69) is 42.3 Å². The summed E-state index contributed by atoms with van der Waals surface area (Å²) in [6.07, 6.45) is 2.60. The van der Waals surface area contributed by atoms with Gasteiger partial charge in [0.05, 0.1) is 6.04 Å². The molecular formula is C19H23NOS. The fraction of sp³-hybridized carbons (Fsp3) is 0.421. The van der Waals surface area contributed by atoms with Crippen molar-refractivity contribution in [2.24, 2.45) is 0 Å². The largest absolute Gasteiger partial charge is 0.335 e. The van der Waals surface area contributed by atoms with Crippen molar-refractivity contribution < 1.29 is 4.79 Å². The van der Waals surface area contributed by atoms with Gasteiger partial charge < -0.3 is 4.90 Å². The Labute approximate surface area is 136 Å². The van der Waals surface area contributed by atoms with E-state index in [1.165, 1.54) is 16.0 Å². The van der Waals surface area contributed by atoms with E-state index in [9.17, 15) is 4.79 Å². The first kappa shape index (κ1) is 15.3. The summed E-state index contributed by atoms with van der Waals surface area (Å²) in [6, 6.07) is 12.8. The highest BCUT2D eigenvalue weighted by molar-refractivity contribution is 7.10. The topological polar surface area (TPSA) is 20.3 Å². The number of rotatable bonds is 4. The molecule has 2 unspecified atom stereocenters. The molecule has 1 aliphatic rings. The monoisotopic (exact) mass is 313 g/mol. The van der Waals surface area contributed by atoms with Gasteiger partial charge in [0.2, 0.25) is 5.91 Å². The summed E-state index contributed by atoms with van der Waals surface area (Å²) in [5.41, 5.74) is 2.62. The van der Waals surface area contributed by atoms with Crippen LogP contribution in [0.5, 0.6) is 0 Å². The predicted molar refractivity (Wildman–Crippen MR) is 92.2 cm³/mol. The lowest BCUT2D eigenvalue weighted by atomic mass is 9.94. The first-order valence-electron chi connectivity index (χ1n) is 8.11. The van der Waals surface area contributed by atoms with E-state index in [4.69, 9.17) is 0 Å². The number of hydrogen-bond donors (Lipinski definition) is 0. The number of hydrogen-bond acceptors (Lipinski definition) is 2. The van der Waals surface area contributed by atoms with Gasteiger partial charge in [-0.15, -0.1) is 11.3 Å². The molecule has 0 N–H and O–H groups in total. The molecule has 2 aromatic rings. The second-order valence-electron chi connectivity index (χ2n) is 6.08. The first-order chi connectivity index (χ1) is 10.7. The number of carbonyl (C=O) groups excluding carboxylic acids is 1. The van der Waals surface area contributed by atoms with Gasteiger partial charge in [0.1, 0.15) is 0 Å². The minimum Gasteiger partial charge on any atom is -0.335 e. The second kappa shape index (κ2) is 6.66. The zero-order valence-corrected chi connectivity index (χ0v) is 14.1. The molecule has 3 heteroatoms. The van der Waals surface area contributed by atoms with Crippen molar-refractivity contribution in [1.29, 1.82) is 0 Å². The molecule has 1 aromatic heterocycles. The summed E-state index contributed by atoms with van der Waals surface area (Å²) < 4.78 is 0. The number of amides is 1. The summed E-state index contributed by atoms with van der Waals surface area (Å²) in [6.45, 7) is 5.19. The third-order valence-electron chi connectivity index (χ3n) is 4.65. The Kier molecular flexibility index (Phi) is 4.63. The van der Waals surface area contributed by atoms with Crippen molar-refractivity contribution in [2.45, 2.75) is 45.1 Å². The van der Waals surface area contributed by atoms with E-state index in [1.807, 2.05) is 29.5 Å². The van der Waals surface area contributed by atoms with Gasteiger partial charge in [0, 0.05) is 17.8 Å². The highest BCUT2D eigenvalue weighted by Gasteiger charge is 2.30. The summed E-state index contributed by atoms with van der Waals surface area (Å²) >= 11 is 1.83. The molecule has 1 aliphatic heterocycles. The highest BCUT2D eigenvalue weighted by Crippen LogP contribution is 2.36. The lowest BCUT2D eigenvalue weighted by molar-refractivity contribution is -0.134. The Morgan fingerprint density at radius 3 is 2.82 bits per heavy atom. The van der Waals surface area contributed by atoms with Gasteiger partial charge in [-0.05, 0) is 41.3 Å². The highest BCUT2D eigenvalue weighted by atomic mass is 32.1. The normalized spacial score (nSPS) is 18.8. The van der Waals surface area contributed by atoms with Crippen molar-refractivity contribution >= 4 is 17.2 Å². The zero-order chi connectivity index (χ0) is 15.5. The average Bonchev–Trinajstić information content (AvgIpc) is 3.03. The van der Waals surface area contributed by atoms with Gasteiger partial charge in [-0.2, -0.15) is 0 Å². The molecule has 2 heterocycles. The molecule has 2 atom stereocenters. The van der Waals surface area contributed by atoms with Crippen LogP contribution in [-0.2, 0) is 11.2 Å². The van der Waals surface area contributed by atoms with Crippen LogP contribution in [0.4, 0.5) is 0 Å². The van der Waals surface area contributed by atoms with Crippen molar-refractivity contribution in [3.8, 4) is 0 Å². The van der Waals surface area contributed by atoms with Crippen LogP contribution in [0.2, 0.25) is 0 Å². The number of nitrogens with zero attached hydrogens (tertiary/aromatic N) is 1. The number of carbonyl (C=O) groups is 1. The predicted octanol–water partition coefficient (Wildman–Crippen LogP) is 4.78. The van der Waals surface area contributed by atoms with Gasteiger partial charge >= 0.3 is 0 Å². The van der Waals surface area contributed by atoms with Crippen molar-refractivity contribution in [2.75, 3.05) is 6.54 Å². The van der Waals surface area contributed by atoms with Crippen LogP contribution in [-0.4, -0.2) is 17.4 Å². The second-order valence-corrected chi connectivity index (χ2v) is 7.08. The third kappa shape index (κ3) is 2.95. The number of fused-ring (bicyclic) bond motifs is 1. The molecule has 1 amide bonds. The molecule has 3 rings (SSSR count). The van der Waals surface area contributed by atoms with E-state index >= 15 is 0 Å². The fourth-order valence-corrected chi connectivity index (χ4v) is 4.34. The summed E-state index contributed by atoms with van der Waals surface area (Å²) in [5, 5.41) is 2.16. The zero-order valence-electron chi connectivity index (χ0n) is 13.3. The lowest BCUT2D eigenvalue weighted by Gasteiger charge is -2.36. The van der Waals surface area contributed by atoms with E-state index in [0.717, 1.165) is 19.4 Å². The van der Waals surface area contributed by atoms with E-state index in [1.54, 1.807) is 0 Å². The molecule has 1 aromatic carbocycles. The first-order valence-corrected chi connectivity index (χ1v) is 8.99. The fourth-order valence-electron chi connectivity index (χ4n) is 3.41. The molecule has 2 nitrogen and oxygen atoms in total. The standard InChI is InChI=1S/C19H23NOS/c1-3-17-16-10-12-22-18(16)9-11-20(17)19(21)13-14(2)15-7-5-4-6-8-15/h4-8,10,12,14,17H,3,9,11,13H2,1-2H3. The molecule has 0 spiro atoms. The molecule has 22 heavy (non-hydrogen) atoms. The average molecular weight is 313 g/mol. The quantitative estimate of drug-likeness (QED) is 0.795. The Hall–Kier alpha value is -1.61. The van der Waals surface area contributed by atoms with E-state index in [-0.39, 0.29) is 12.0 Å². The van der Waals surface area contributed by atoms with Gasteiger partial charge in [0.15, 0.2) is 0 Å². The van der Waals surface area contributed by atoms with E-state index in [0.29, 0.717) is 12.3 Å². The Bertz CT molecular complexity index is 634. The summed E-state index contributed by atoms with van der Waals surface area (Å²) in [4.78, 5) is 16.4.